The summed E-state index contributed by atoms with van der Waals surface area (Å²) in [4.78, 5) is 23.4. The van der Waals surface area contributed by atoms with Crippen molar-refractivity contribution in [2.45, 2.75) is 23.7 Å². The van der Waals surface area contributed by atoms with Crippen LogP contribution in [0.15, 0.2) is 84.9 Å². The van der Waals surface area contributed by atoms with Gasteiger partial charge in [-0.2, -0.15) is 0 Å². The van der Waals surface area contributed by atoms with Gasteiger partial charge in [0.15, 0.2) is 0 Å². The minimum absolute atomic E-state index is 0.00175. The summed E-state index contributed by atoms with van der Waals surface area (Å²) in [5.74, 6) is -1.60. The molecule has 34 heavy (non-hydrogen) atoms. The number of aromatic carboxylic acids is 2. The van der Waals surface area contributed by atoms with E-state index in [2.05, 4.69) is 48.6 Å². The molecule has 0 heterocycles. The van der Waals surface area contributed by atoms with Gasteiger partial charge in [0.2, 0.25) is 0 Å². The smallest absolute Gasteiger partial charge is 0.335 e. The Bertz CT molecular complexity index is 1600. The highest BCUT2D eigenvalue weighted by Gasteiger charge is 2.45. The lowest BCUT2D eigenvalue weighted by Gasteiger charge is -2.46. The molecule has 0 aliphatic heterocycles. The summed E-state index contributed by atoms with van der Waals surface area (Å²) in [6, 6.07) is 23.9. The first kappa shape index (κ1) is 19.3. The van der Waals surface area contributed by atoms with Crippen molar-refractivity contribution in [2.24, 2.45) is 0 Å². The van der Waals surface area contributed by atoms with E-state index >= 15 is 0 Å². The Hall–Kier alpha value is -4.18. The molecular weight excluding hydrogens is 424 g/mol. The number of allylic oxidation sites excluding steroid dienone is 2. The van der Waals surface area contributed by atoms with Crippen molar-refractivity contribution in [1.29, 1.82) is 0 Å². The Kier molecular flexibility index (Phi) is 3.79. The molecule has 0 fully saturated rings. The molecule has 8 rings (SSSR count). The van der Waals surface area contributed by atoms with Crippen LogP contribution in [0.1, 0.15) is 77.8 Å². The maximum atomic E-state index is 11.8. The van der Waals surface area contributed by atoms with Crippen LogP contribution in [0.2, 0.25) is 0 Å². The van der Waals surface area contributed by atoms with Crippen LogP contribution >= 0.6 is 0 Å². The van der Waals surface area contributed by atoms with E-state index in [0.29, 0.717) is 5.56 Å². The fourth-order valence-corrected chi connectivity index (χ4v) is 6.52. The zero-order valence-electron chi connectivity index (χ0n) is 18.1. The molecule has 4 aromatic rings. The van der Waals surface area contributed by atoms with Crippen LogP contribution in [0.25, 0.3) is 10.8 Å². The molecule has 0 radical (unpaired) electrons. The number of benzene rings is 4. The molecule has 0 amide bonds. The number of fused-ring (bicyclic) bond motifs is 1. The summed E-state index contributed by atoms with van der Waals surface area (Å²) in [5.41, 5.74) is 7.95. The van der Waals surface area contributed by atoms with Crippen LogP contribution in [-0.4, -0.2) is 22.2 Å². The topological polar surface area (TPSA) is 74.6 Å². The highest BCUT2D eigenvalue weighted by Crippen LogP contribution is 2.60. The first-order valence-corrected chi connectivity index (χ1v) is 11.5. The van der Waals surface area contributed by atoms with Crippen LogP contribution in [-0.2, 0) is 0 Å². The maximum absolute atomic E-state index is 11.8. The van der Waals surface area contributed by atoms with E-state index in [-0.39, 0.29) is 29.2 Å². The summed E-state index contributed by atoms with van der Waals surface area (Å²) < 4.78 is 0. The van der Waals surface area contributed by atoms with Crippen molar-refractivity contribution < 1.29 is 19.8 Å². The number of carboxylic acids is 2. The van der Waals surface area contributed by atoms with Crippen molar-refractivity contribution >= 4 is 22.7 Å². The zero-order chi connectivity index (χ0) is 23.1. The normalized spacial score (nSPS) is 23.1. The third-order valence-corrected chi connectivity index (χ3v) is 7.92. The van der Waals surface area contributed by atoms with Gasteiger partial charge in [-0.3, -0.25) is 0 Å². The van der Waals surface area contributed by atoms with Crippen molar-refractivity contribution in [1.82, 2.24) is 0 Å². The van der Waals surface area contributed by atoms with E-state index in [1.807, 2.05) is 18.2 Å². The number of carboxylic acid groups (broad SMARTS) is 2. The van der Waals surface area contributed by atoms with Gasteiger partial charge in [-0.25, -0.2) is 9.59 Å². The molecule has 4 aliphatic carbocycles. The first-order chi connectivity index (χ1) is 16.5. The monoisotopic (exact) mass is 444 g/mol. The molecule has 4 bridgehead atoms. The number of rotatable bonds is 2. The Morgan fingerprint density at radius 1 is 0.529 bits per heavy atom. The molecule has 0 spiro atoms. The minimum atomic E-state index is -0.932. The minimum Gasteiger partial charge on any atom is -0.478 e. The van der Waals surface area contributed by atoms with Gasteiger partial charge in [-0.05, 0) is 68.4 Å². The Balaban J connectivity index is 1.54. The number of carbonyl (C=O) groups is 2. The lowest BCUT2D eigenvalue weighted by atomic mass is 9.56. The maximum Gasteiger partial charge on any atom is 0.335 e. The van der Waals surface area contributed by atoms with Crippen molar-refractivity contribution in [3.05, 3.63) is 129 Å². The fraction of sp³-hybridized carbons (Fsp3) is 0.133. The van der Waals surface area contributed by atoms with Crippen molar-refractivity contribution in [2.75, 3.05) is 0 Å². The van der Waals surface area contributed by atoms with Gasteiger partial charge in [0.1, 0.15) is 0 Å². The summed E-state index contributed by atoms with van der Waals surface area (Å²) in [7, 11) is 0. The number of hydrogen-bond acceptors (Lipinski definition) is 2. The van der Waals surface area contributed by atoms with E-state index < -0.39 is 11.9 Å². The number of hydrogen-bond donors (Lipinski definition) is 2. The second-order valence-corrected chi connectivity index (χ2v) is 9.52. The summed E-state index contributed by atoms with van der Waals surface area (Å²) in [5, 5.41) is 21.1. The molecule has 4 aliphatic rings. The average molecular weight is 444 g/mol. The average Bonchev–Trinajstić information content (AvgIpc) is 2.83. The standard InChI is InChI=1S/C30H20O4/c31-29(32)16-6-5-15-12-24-21-9-10-22(25(24)14-18(15)11-16)28-20-4-2-1-3-19(20)27(21)23-8-7-17(30(33)34)13-26(23)28/h1-14,21-22,27-28H,(H,31,32)(H,33,34)/t21-,22+,27+,28-/m0/s1. The van der Waals surface area contributed by atoms with E-state index in [4.69, 9.17) is 0 Å². The summed E-state index contributed by atoms with van der Waals surface area (Å²) in [6.07, 6.45) is 4.61. The molecule has 0 aromatic heterocycles. The molecule has 4 atom stereocenters. The summed E-state index contributed by atoms with van der Waals surface area (Å²) in [6.45, 7) is 0. The molecule has 4 aromatic carbocycles. The van der Waals surface area contributed by atoms with E-state index in [9.17, 15) is 19.8 Å². The molecule has 2 N–H and O–H groups in total. The third-order valence-electron chi connectivity index (χ3n) is 7.92. The lowest BCUT2D eigenvalue weighted by molar-refractivity contribution is 0.0686. The third kappa shape index (κ3) is 2.48. The molecule has 4 nitrogen and oxygen atoms in total. The fourth-order valence-electron chi connectivity index (χ4n) is 6.52. The Morgan fingerprint density at radius 2 is 1.06 bits per heavy atom. The van der Waals surface area contributed by atoms with Gasteiger partial charge in [0, 0.05) is 23.7 Å². The van der Waals surface area contributed by atoms with Gasteiger partial charge in [-0.15, -0.1) is 0 Å². The first-order valence-electron chi connectivity index (χ1n) is 11.5. The second-order valence-electron chi connectivity index (χ2n) is 9.52. The quantitative estimate of drug-likeness (QED) is 0.358. The van der Waals surface area contributed by atoms with Crippen LogP contribution in [0.4, 0.5) is 0 Å². The molecule has 164 valence electrons. The summed E-state index contributed by atoms with van der Waals surface area (Å²) >= 11 is 0. The van der Waals surface area contributed by atoms with Crippen molar-refractivity contribution in [3.63, 3.8) is 0 Å². The van der Waals surface area contributed by atoms with Crippen LogP contribution < -0.4 is 0 Å². The second kappa shape index (κ2) is 6.67. The Labute approximate surface area is 195 Å². The SMILES string of the molecule is O=C(O)c1ccc2c(c1)[C@H]1c3ccccc3[C@@H]2[C@H]2C=C[C@@H]1c1cc3cc(C(=O)O)ccc3cc12. The van der Waals surface area contributed by atoms with Crippen LogP contribution in [0.5, 0.6) is 0 Å². The molecule has 0 unspecified atom stereocenters. The van der Waals surface area contributed by atoms with E-state index in [1.54, 1.807) is 18.2 Å². The predicted molar refractivity (Wildman–Crippen MR) is 129 cm³/mol. The lowest BCUT2D eigenvalue weighted by Crippen LogP contribution is -2.32. The Morgan fingerprint density at radius 3 is 1.71 bits per heavy atom. The highest BCUT2D eigenvalue weighted by atomic mass is 16.4. The molecule has 0 saturated heterocycles. The van der Waals surface area contributed by atoms with Crippen molar-refractivity contribution in [3.8, 4) is 0 Å². The van der Waals surface area contributed by atoms with E-state index in [1.165, 1.54) is 27.8 Å². The highest BCUT2D eigenvalue weighted by molar-refractivity contribution is 5.95. The molecule has 0 saturated carbocycles. The predicted octanol–water partition coefficient (Wildman–Crippen LogP) is 6.26. The van der Waals surface area contributed by atoms with Crippen LogP contribution in [0, 0.1) is 0 Å². The van der Waals surface area contributed by atoms with Gasteiger partial charge in [0.25, 0.3) is 0 Å². The molecule has 4 heteroatoms. The largest absolute Gasteiger partial charge is 0.478 e. The van der Waals surface area contributed by atoms with Gasteiger partial charge in [-0.1, -0.05) is 60.7 Å². The van der Waals surface area contributed by atoms with Crippen LogP contribution in [0.3, 0.4) is 0 Å². The van der Waals surface area contributed by atoms with E-state index in [0.717, 1.165) is 16.3 Å². The molecular formula is C30H20O4. The van der Waals surface area contributed by atoms with Gasteiger partial charge in [0.05, 0.1) is 11.1 Å². The van der Waals surface area contributed by atoms with Gasteiger partial charge >= 0.3 is 11.9 Å². The zero-order valence-corrected chi connectivity index (χ0v) is 18.1. The van der Waals surface area contributed by atoms with Gasteiger partial charge < -0.3 is 10.2 Å².